The lowest BCUT2D eigenvalue weighted by Crippen LogP contribution is -2.49. The molecule has 0 aromatic heterocycles. The molecular formula is C20H19F6N3O. The van der Waals surface area contributed by atoms with Gasteiger partial charge in [0.15, 0.2) is 0 Å². The summed E-state index contributed by atoms with van der Waals surface area (Å²) >= 11 is 0. The average molecular weight is 431 g/mol. The standard InChI is InChI=1S/C20H19F6N3O/c21-19(22,23)15-4-1-3-14(11-15)13-28-7-9-29(10-8-28)18(30)27-17-6-2-5-16(12-17)20(24,25)26/h1-6,11-12H,7-10,13H2,(H,27,30). The number of hydrogen-bond acceptors (Lipinski definition) is 2. The summed E-state index contributed by atoms with van der Waals surface area (Å²) in [4.78, 5) is 15.7. The van der Waals surface area contributed by atoms with E-state index in [1.54, 1.807) is 6.07 Å². The van der Waals surface area contributed by atoms with Crippen molar-refractivity contribution >= 4 is 11.7 Å². The van der Waals surface area contributed by atoms with Crippen LogP contribution in [0.1, 0.15) is 16.7 Å². The molecule has 162 valence electrons. The van der Waals surface area contributed by atoms with Gasteiger partial charge >= 0.3 is 18.4 Å². The zero-order valence-corrected chi connectivity index (χ0v) is 15.7. The molecule has 30 heavy (non-hydrogen) atoms. The van der Waals surface area contributed by atoms with E-state index in [0.29, 0.717) is 38.3 Å². The molecule has 1 aliphatic heterocycles. The number of carbonyl (C=O) groups is 1. The number of rotatable bonds is 3. The second-order valence-electron chi connectivity index (χ2n) is 6.97. The molecule has 1 fully saturated rings. The first-order chi connectivity index (χ1) is 14.0. The van der Waals surface area contributed by atoms with Crippen LogP contribution in [-0.4, -0.2) is 42.0 Å². The minimum Gasteiger partial charge on any atom is -0.322 e. The molecule has 0 atom stereocenters. The Morgan fingerprint density at radius 3 is 2.00 bits per heavy atom. The molecule has 2 aromatic carbocycles. The lowest BCUT2D eigenvalue weighted by molar-refractivity contribution is -0.138. The maximum atomic E-state index is 12.8. The third-order valence-electron chi connectivity index (χ3n) is 4.76. The summed E-state index contributed by atoms with van der Waals surface area (Å²) in [7, 11) is 0. The maximum absolute atomic E-state index is 12.8. The van der Waals surface area contributed by atoms with Crippen LogP contribution in [0.2, 0.25) is 0 Å². The minimum absolute atomic E-state index is 0.0428. The molecule has 0 unspecified atom stereocenters. The van der Waals surface area contributed by atoms with Gasteiger partial charge in [-0.2, -0.15) is 26.3 Å². The van der Waals surface area contributed by atoms with Gasteiger partial charge in [0.2, 0.25) is 0 Å². The van der Waals surface area contributed by atoms with Crippen molar-refractivity contribution in [1.29, 1.82) is 0 Å². The Hall–Kier alpha value is -2.75. The molecule has 1 saturated heterocycles. The number of benzene rings is 2. The van der Waals surface area contributed by atoms with Gasteiger partial charge in [0.1, 0.15) is 0 Å². The first-order valence-corrected chi connectivity index (χ1v) is 9.14. The molecule has 2 amide bonds. The van der Waals surface area contributed by atoms with Gasteiger partial charge in [0.25, 0.3) is 0 Å². The topological polar surface area (TPSA) is 35.6 Å². The van der Waals surface area contributed by atoms with E-state index in [1.807, 2.05) is 4.90 Å². The van der Waals surface area contributed by atoms with E-state index >= 15 is 0 Å². The summed E-state index contributed by atoms with van der Waals surface area (Å²) in [6, 6.07) is 8.94. The van der Waals surface area contributed by atoms with Crippen molar-refractivity contribution in [3.05, 3.63) is 65.2 Å². The molecule has 0 spiro atoms. The van der Waals surface area contributed by atoms with Gasteiger partial charge in [-0.05, 0) is 29.8 Å². The third kappa shape index (κ3) is 5.65. The van der Waals surface area contributed by atoms with Gasteiger partial charge in [-0.25, -0.2) is 4.79 Å². The molecule has 1 N–H and O–H groups in total. The zero-order chi connectivity index (χ0) is 21.9. The fraction of sp³-hybridized carbons (Fsp3) is 0.350. The molecular weight excluding hydrogens is 412 g/mol. The first-order valence-electron chi connectivity index (χ1n) is 9.14. The van der Waals surface area contributed by atoms with Crippen LogP contribution in [0, 0.1) is 0 Å². The number of alkyl halides is 6. The quantitative estimate of drug-likeness (QED) is 0.689. The molecule has 0 saturated carbocycles. The Kier molecular flexibility index (Phi) is 6.25. The van der Waals surface area contributed by atoms with E-state index in [9.17, 15) is 31.1 Å². The zero-order valence-electron chi connectivity index (χ0n) is 15.7. The van der Waals surface area contributed by atoms with E-state index < -0.39 is 29.5 Å². The van der Waals surface area contributed by atoms with Crippen LogP contribution in [-0.2, 0) is 18.9 Å². The van der Waals surface area contributed by atoms with Crippen LogP contribution in [0.4, 0.5) is 36.8 Å². The molecule has 4 nitrogen and oxygen atoms in total. The fourth-order valence-electron chi connectivity index (χ4n) is 3.19. The van der Waals surface area contributed by atoms with E-state index in [0.717, 1.165) is 24.3 Å². The predicted octanol–water partition coefficient (Wildman–Crippen LogP) is 5.07. The highest BCUT2D eigenvalue weighted by atomic mass is 19.4. The Labute approximate surface area is 169 Å². The van der Waals surface area contributed by atoms with Gasteiger partial charge in [0, 0.05) is 38.4 Å². The Morgan fingerprint density at radius 1 is 0.833 bits per heavy atom. The highest BCUT2D eigenvalue weighted by Gasteiger charge is 2.31. The van der Waals surface area contributed by atoms with E-state index in [4.69, 9.17) is 0 Å². The summed E-state index contributed by atoms with van der Waals surface area (Å²) < 4.78 is 76.8. The SMILES string of the molecule is O=C(Nc1cccc(C(F)(F)F)c1)N1CCN(Cc2cccc(C(F)(F)F)c2)CC1. The van der Waals surface area contributed by atoms with E-state index in [-0.39, 0.29) is 5.69 Å². The van der Waals surface area contributed by atoms with Crippen molar-refractivity contribution in [2.24, 2.45) is 0 Å². The highest BCUT2D eigenvalue weighted by Crippen LogP contribution is 2.31. The van der Waals surface area contributed by atoms with Gasteiger partial charge in [0.05, 0.1) is 11.1 Å². The number of carbonyl (C=O) groups excluding carboxylic acids is 1. The molecule has 3 rings (SSSR count). The molecule has 2 aromatic rings. The normalized spacial score (nSPS) is 15.9. The summed E-state index contributed by atoms with van der Waals surface area (Å²) in [5.41, 5.74) is -1.00. The van der Waals surface area contributed by atoms with Crippen molar-refractivity contribution in [3.63, 3.8) is 0 Å². The van der Waals surface area contributed by atoms with Crippen molar-refractivity contribution < 1.29 is 31.1 Å². The van der Waals surface area contributed by atoms with Crippen molar-refractivity contribution in [1.82, 2.24) is 9.80 Å². The monoisotopic (exact) mass is 431 g/mol. The Balaban J connectivity index is 1.54. The smallest absolute Gasteiger partial charge is 0.322 e. The lowest BCUT2D eigenvalue weighted by atomic mass is 10.1. The van der Waals surface area contributed by atoms with Crippen LogP contribution < -0.4 is 5.32 Å². The van der Waals surface area contributed by atoms with E-state index in [2.05, 4.69) is 5.32 Å². The number of nitrogens with zero attached hydrogens (tertiary/aromatic N) is 2. The lowest BCUT2D eigenvalue weighted by Gasteiger charge is -2.34. The molecule has 1 aliphatic rings. The highest BCUT2D eigenvalue weighted by molar-refractivity contribution is 5.89. The van der Waals surface area contributed by atoms with Crippen molar-refractivity contribution in [3.8, 4) is 0 Å². The fourth-order valence-corrected chi connectivity index (χ4v) is 3.19. The first kappa shape index (κ1) is 21.9. The predicted molar refractivity (Wildman–Crippen MR) is 98.8 cm³/mol. The molecule has 10 heteroatoms. The maximum Gasteiger partial charge on any atom is 0.416 e. The number of halogens is 6. The van der Waals surface area contributed by atoms with Crippen molar-refractivity contribution in [2.45, 2.75) is 18.9 Å². The second kappa shape index (κ2) is 8.55. The van der Waals surface area contributed by atoms with Crippen LogP contribution in [0.15, 0.2) is 48.5 Å². The van der Waals surface area contributed by atoms with Crippen molar-refractivity contribution in [2.75, 3.05) is 31.5 Å². The average Bonchev–Trinajstić information content (AvgIpc) is 2.68. The van der Waals surface area contributed by atoms with Gasteiger partial charge in [-0.15, -0.1) is 0 Å². The summed E-state index contributed by atoms with van der Waals surface area (Å²) in [6.45, 7) is 1.80. The number of urea groups is 1. The number of nitrogens with one attached hydrogen (secondary N) is 1. The second-order valence-corrected chi connectivity index (χ2v) is 6.97. The molecule has 1 heterocycles. The van der Waals surface area contributed by atoms with Crippen LogP contribution >= 0.6 is 0 Å². The third-order valence-corrected chi connectivity index (χ3v) is 4.76. The van der Waals surface area contributed by atoms with Crippen LogP contribution in [0.25, 0.3) is 0 Å². The minimum atomic E-state index is -4.50. The Morgan fingerprint density at radius 2 is 1.40 bits per heavy atom. The molecule has 0 aliphatic carbocycles. The largest absolute Gasteiger partial charge is 0.416 e. The summed E-state index contributed by atoms with van der Waals surface area (Å²) in [5, 5.41) is 2.46. The number of anilines is 1. The number of piperazine rings is 1. The van der Waals surface area contributed by atoms with Gasteiger partial charge in [-0.3, -0.25) is 4.90 Å². The molecule has 0 bridgehead atoms. The summed E-state index contributed by atoms with van der Waals surface area (Å²) in [5.74, 6) is 0. The number of hydrogen-bond donors (Lipinski definition) is 1. The van der Waals surface area contributed by atoms with E-state index in [1.165, 1.54) is 23.1 Å². The number of amides is 2. The van der Waals surface area contributed by atoms with Crippen LogP contribution in [0.3, 0.4) is 0 Å². The van der Waals surface area contributed by atoms with Gasteiger partial charge < -0.3 is 10.2 Å². The van der Waals surface area contributed by atoms with Crippen LogP contribution in [0.5, 0.6) is 0 Å². The molecule has 0 radical (unpaired) electrons. The Bertz CT molecular complexity index is 889. The summed E-state index contributed by atoms with van der Waals surface area (Å²) in [6.07, 6.45) is -8.91. The van der Waals surface area contributed by atoms with Gasteiger partial charge in [-0.1, -0.05) is 24.3 Å².